The number of ether oxygens (including phenoxy) is 1. The second-order valence-corrected chi connectivity index (χ2v) is 12.6. The first-order valence-corrected chi connectivity index (χ1v) is 12.0. The molecule has 1 atom stereocenters. The van der Waals surface area contributed by atoms with Gasteiger partial charge in [0, 0.05) is 5.56 Å². The van der Waals surface area contributed by atoms with Crippen LogP contribution in [-0.2, 0) is 9.53 Å². The van der Waals surface area contributed by atoms with Crippen molar-refractivity contribution in [2.45, 2.75) is 77.9 Å². The van der Waals surface area contributed by atoms with Crippen LogP contribution in [-0.4, -0.2) is 20.9 Å². The third-order valence-electron chi connectivity index (χ3n) is 4.88. The molecule has 0 aliphatic carbocycles. The van der Waals surface area contributed by atoms with Crippen LogP contribution in [0.4, 0.5) is 0 Å². The molecule has 1 unspecified atom stereocenters. The molecule has 0 saturated heterocycles. The first kappa shape index (κ1) is 20.8. The summed E-state index contributed by atoms with van der Waals surface area (Å²) in [5, 5.41) is 0.114. The summed E-state index contributed by atoms with van der Waals surface area (Å²) in [5.74, 6) is 0.460. The first-order valence-electron chi connectivity index (χ1n) is 9.08. The molecule has 0 aliphatic rings. The standard InChI is InChI=1S/C20H34O3Si/c1-8-10-13-17(19(21)22-9-2)16-14-11-12-15-18(16)23-24(6,7)20(3,4)5/h11-12,14-15,17H,8-10,13H2,1-7H3. The molecule has 0 aliphatic heterocycles. The molecule has 0 radical (unpaired) electrons. The van der Waals surface area contributed by atoms with Crippen LogP contribution in [0.25, 0.3) is 0 Å². The van der Waals surface area contributed by atoms with Gasteiger partial charge < -0.3 is 9.16 Å². The Kier molecular flexibility index (Phi) is 7.52. The summed E-state index contributed by atoms with van der Waals surface area (Å²) in [7, 11) is -1.96. The minimum absolute atomic E-state index is 0.114. The Balaban J connectivity index is 3.19. The molecule has 0 heterocycles. The summed E-state index contributed by atoms with van der Waals surface area (Å²) >= 11 is 0. The minimum Gasteiger partial charge on any atom is -0.543 e. The van der Waals surface area contributed by atoms with Crippen molar-refractivity contribution in [3.63, 3.8) is 0 Å². The van der Waals surface area contributed by atoms with E-state index < -0.39 is 8.32 Å². The number of unbranched alkanes of at least 4 members (excludes halogenated alkanes) is 1. The highest BCUT2D eigenvalue weighted by Crippen LogP contribution is 2.40. The highest BCUT2D eigenvalue weighted by molar-refractivity contribution is 6.74. The predicted octanol–water partition coefficient (Wildman–Crippen LogP) is 5.91. The van der Waals surface area contributed by atoms with Gasteiger partial charge in [0.05, 0.1) is 12.5 Å². The minimum atomic E-state index is -1.96. The number of esters is 1. The highest BCUT2D eigenvalue weighted by atomic mass is 28.4. The van der Waals surface area contributed by atoms with E-state index in [9.17, 15) is 4.79 Å². The van der Waals surface area contributed by atoms with Gasteiger partial charge in [0.15, 0.2) is 0 Å². The van der Waals surface area contributed by atoms with Gasteiger partial charge in [0.1, 0.15) is 5.75 Å². The maximum atomic E-state index is 12.5. The fourth-order valence-corrected chi connectivity index (χ4v) is 3.38. The van der Waals surface area contributed by atoms with Gasteiger partial charge in [-0.05, 0) is 37.5 Å². The lowest BCUT2D eigenvalue weighted by Crippen LogP contribution is -2.44. The topological polar surface area (TPSA) is 35.5 Å². The SMILES string of the molecule is CCCCC(C(=O)OCC)c1ccccc1O[Si](C)(C)C(C)(C)C. The maximum Gasteiger partial charge on any atom is 0.313 e. The molecule has 1 aromatic rings. The number of para-hydroxylation sites is 1. The maximum absolute atomic E-state index is 12.5. The van der Waals surface area contributed by atoms with Crippen LogP contribution in [0.2, 0.25) is 18.1 Å². The molecule has 0 saturated carbocycles. The molecule has 0 aromatic heterocycles. The summed E-state index contributed by atoms with van der Waals surface area (Å²) in [6, 6.07) is 7.97. The number of hydrogen-bond acceptors (Lipinski definition) is 3. The van der Waals surface area contributed by atoms with Crippen molar-refractivity contribution in [3.8, 4) is 5.75 Å². The van der Waals surface area contributed by atoms with E-state index in [0.717, 1.165) is 30.6 Å². The molecule has 3 nitrogen and oxygen atoms in total. The molecule has 0 fully saturated rings. The van der Waals surface area contributed by atoms with Crippen LogP contribution < -0.4 is 4.43 Å². The van der Waals surface area contributed by atoms with Crippen LogP contribution in [0, 0.1) is 0 Å². The Morgan fingerprint density at radius 3 is 2.33 bits per heavy atom. The van der Waals surface area contributed by atoms with Crippen LogP contribution in [0.1, 0.15) is 65.4 Å². The highest BCUT2D eigenvalue weighted by Gasteiger charge is 2.40. The molecule has 4 heteroatoms. The van der Waals surface area contributed by atoms with Crippen LogP contribution in [0.3, 0.4) is 0 Å². The zero-order valence-corrected chi connectivity index (χ0v) is 17.4. The third-order valence-corrected chi connectivity index (χ3v) is 9.23. The van der Waals surface area contributed by atoms with Crippen molar-refractivity contribution < 1.29 is 14.0 Å². The van der Waals surface area contributed by atoms with E-state index in [-0.39, 0.29) is 16.9 Å². The van der Waals surface area contributed by atoms with E-state index in [2.05, 4.69) is 40.8 Å². The Labute approximate surface area is 148 Å². The van der Waals surface area contributed by atoms with Crippen LogP contribution >= 0.6 is 0 Å². The summed E-state index contributed by atoms with van der Waals surface area (Å²) in [4.78, 5) is 12.5. The largest absolute Gasteiger partial charge is 0.543 e. The van der Waals surface area contributed by atoms with Crippen molar-refractivity contribution in [3.05, 3.63) is 29.8 Å². The molecule has 0 N–H and O–H groups in total. The van der Waals surface area contributed by atoms with E-state index in [4.69, 9.17) is 9.16 Å². The van der Waals surface area contributed by atoms with Gasteiger partial charge in [-0.2, -0.15) is 0 Å². The number of rotatable bonds is 8. The Morgan fingerprint density at radius 2 is 1.79 bits per heavy atom. The van der Waals surface area contributed by atoms with Gasteiger partial charge in [0.2, 0.25) is 8.32 Å². The molecule has 1 aromatic carbocycles. The molecular formula is C20H34O3Si. The Hall–Kier alpha value is -1.29. The quantitative estimate of drug-likeness (QED) is 0.432. The number of carbonyl (C=O) groups is 1. The molecule has 0 amide bonds. The third kappa shape index (κ3) is 5.37. The van der Waals surface area contributed by atoms with Crippen LogP contribution in [0.15, 0.2) is 24.3 Å². The average Bonchev–Trinajstić information content (AvgIpc) is 2.48. The monoisotopic (exact) mass is 350 g/mol. The van der Waals surface area contributed by atoms with Gasteiger partial charge in [-0.25, -0.2) is 0 Å². The van der Waals surface area contributed by atoms with Crippen molar-refractivity contribution in [1.82, 2.24) is 0 Å². The second-order valence-electron chi connectivity index (χ2n) is 7.85. The predicted molar refractivity (Wildman–Crippen MR) is 103 cm³/mol. The fourth-order valence-electron chi connectivity index (χ4n) is 2.34. The van der Waals surface area contributed by atoms with Gasteiger partial charge in [0.25, 0.3) is 0 Å². The lowest BCUT2D eigenvalue weighted by atomic mass is 9.93. The van der Waals surface area contributed by atoms with Gasteiger partial charge in [-0.15, -0.1) is 0 Å². The van der Waals surface area contributed by atoms with E-state index in [1.807, 2.05) is 31.2 Å². The van der Waals surface area contributed by atoms with E-state index in [0.29, 0.717) is 6.61 Å². The lowest BCUT2D eigenvalue weighted by molar-refractivity contribution is -0.145. The van der Waals surface area contributed by atoms with Gasteiger partial charge in [-0.3, -0.25) is 4.79 Å². The van der Waals surface area contributed by atoms with Crippen LogP contribution in [0.5, 0.6) is 5.75 Å². The van der Waals surface area contributed by atoms with Crippen molar-refractivity contribution in [1.29, 1.82) is 0 Å². The van der Waals surface area contributed by atoms with E-state index in [1.54, 1.807) is 0 Å². The second kappa shape index (κ2) is 8.70. The Bertz CT molecular complexity index is 532. The smallest absolute Gasteiger partial charge is 0.313 e. The number of hydrogen-bond donors (Lipinski definition) is 0. The van der Waals surface area contributed by atoms with E-state index >= 15 is 0 Å². The van der Waals surface area contributed by atoms with E-state index in [1.165, 1.54) is 0 Å². The van der Waals surface area contributed by atoms with Gasteiger partial charge in [-0.1, -0.05) is 58.7 Å². The molecular weight excluding hydrogens is 316 g/mol. The van der Waals surface area contributed by atoms with Crippen molar-refractivity contribution in [2.75, 3.05) is 6.61 Å². The normalized spacial score (nSPS) is 13.5. The number of carbonyl (C=O) groups excluding carboxylic acids is 1. The molecule has 136 valence electrons. The zero-order valence-electron chi connectivity index (χ0n) is 16.4. The average molecular weight is 351 g/mol. The Morgan fingerprint density at radius 1 is 1.17 bits per heavy atom. The molecule has 24 heavy (non-hydrogen) atoms. The molecule has 0 bridgehead atoms. The summed E-state index contributed by atoms with van der Waals surface area (Å²) in [6.07, 6.45) is 2.85. The van der Waals surface area contributed by atoms with Gasteiger partial charge >= 0.3 is 5.97 Å². The van der Waals surface area contributed by atoms with Crippen molar-refractivity contribution >= 4 is 14.3 Å². The fraction of sp³-hybridized carbons (Fsp3) is 0.650. The number of benzene rings is 1. The summed E-state index contributed by atoms with van der Waals surface area (Å²) < 4.78 is 11.8. The zero-order chi connectivity index (χ0) is 18.4. The summed E-state index contributed by atoms with van der Waals surface area (Å²) in [5.41, 5.74) is 0.967. The summed E-state index contributed by atoms with van der Waals surface area (Å²) in [6.45, 7) is 15.5. The first-order chi connectivity index (χ1) is 11.1. The molecule has 1 rings (SSSR count). The molecule has 0 spiro atoms. The lowest BCUT2D eigenvalue weighted by Gasteiger charge is -2.37. The van der Waals surface area contributed by atoms with Crippen molar-refractivity contribution in [2.24, 2.45) is 0 Å².